The fraction of sp³-hybridized carbons (Fsp3) is 1.00. The molecule has 0 aliphatic carbocycles. The van der Waals surface area contributed by atoms with Crippen LogP contribution in [0, 0.1) is 0 Å². The van der Waals surface area contributed by atoms with E-state index in [2.05, 4.69) is 24.1 Å². The Morgan fingerprint density at radius 2 is 2.13 bits per heavy atom. The second kappa shape index (κ2) is 7.20. The molecule has 0 aromatic rings. The number of hydrogen-bond donors (Lipinski definition) is 1. The largest absolute Gasteiger partial charge is 0.383 e. The third-order valence-corrected chi connectivity index (χ3v) is 3.23. The van der Waals surface area contributed by atoms with Gasteiger partial charge < -0.3 is 10.1 Å². The van der Waals surface area contributed by atoms with Gasteiger partial charge in [-0.2, -0.15) is 0 Å². The van der Waals surface area contributed by atoms with E-state index in [1.54, 1.807) is 7.11 Å². The maximum absolute atomic E-state index is 5.19. The van der Waals surface area contributed by atoms with Crippen molar-refractivity contribution in [2.45, 2.75) is 45.2 Å². The topological polar surface area (TPSA) is 24.5 Å². The van der Waals surface area contributed by atoms with E-state index >= 15 is 0 Å². The summed E-state index contributed by atoms with van der Waals surface area (Å²) >= 11 is 0. The molecule has 0 radical (unpaired) electrons. The fourth-order valence-electron chi connectivity index (χ4n) is 2.39. The fourth-order valence-corrected chi connectivity index (χ4v) is 2.39. The van der Waals surface area contributed by atoms with E-state index in [0.29, 0.717) is 6.04 Å². The van der Waals surface area contributed by atoms with Crippen LogP contribution in [0.2, 0.25) is 0 Å². The van der Waals surface area contributed by atoms with Crippen LogP contribution < -0.4 is 5.32 Å². The van der Waals surface area contributed by atoms with Gasteiger partial charge in [-0.15, -0.1) is 0 Å². The van der Waals surface area contributed by atoms with E-state index in [4.69, 9.17) is 4.74 Å². The minimum atomic E-state index is 0.628. The number of rotatable bonds is 5. The molecule has 1 fully saturated rings. The molecule has 1 atom stereocenters. The van der Waals surface area contributed by atoms with Crippen LogP contribution in [0.25, 0.3) is 0 Å². The van der Waals surface area contributed by atoms with Crippen molar-refractivity contribution >= 4 is 0 Å². The van der Waals surface area contributed by atoms with Gasteiger partial charge in [0.1, 0.15) is 0 Å². The molecule has 1 aliphatic heterocycles. The molecule has 1 unspecified atom stereocenters. The van der Waals surface area contributed by atoms with Crippen molar-refractivity contribution in [1.82, 2.24) is 10.2 Å². The standard InChI is InChI=1S/C12H26N2O/c1-11(2)14(9-10-15-3)12-5-4-7-13-8-6-12/h11-13H,4-10H2,1-3H3. The average molecular weight is 214 g/mol. The first-order valence-corrected chi connectivity index (χ1v) is 6.21. The molecule has 1 saturated heterocycles. The summed E-state index contributed by atoms with van der Waals surface area (Å²) in [6, 6.07) is 1.37. The van der Waals surface area contributed by atoms with Crippen LogP contribution in [0.3, 0.4) is 0 Å². The lowest BCUT2D eigenvalue weighted by molar-refractivity contribution is 0.0900. The first kappa shape index (κ1) is 12.9. The van der Waals surface area contributed by atoms with Gasteiger partial charge in [0.05, 0.1) is 6.61 Å². The molecule has 1 heterocycles. The summed E-state index contributed by atoms with van der Waals surface area (Å²) in [5.41, 5.74) is 0. The Hall–Kier alpha value is -0.120. The molecule has 3 nitrogen and oxygen atoms in total. The van der Waals surface area contributed by atoms with E-state index in [9.17, 15) is 0 Å². The van der Waals surface area contributed by atoms with E-state index in [0.717, 1.165) is 19.2 Å². The summed E-state index contributed by atoms with van der Waals surface area (Å²) in [5, 5.41) is 3.47. The predicted octanol–water partition coefficient (Wildman–Crippen LogP) is 1.49. The Kier molecular flexibility index (Phi) is 6.22. The molecule has 1 N–H and O–H groups in total. The number of nitrogens with zero attached hydrogens (tertiary/aromatic N) is 1. The quantitative estimate of drug-likeness (QED) is 0.750. The zero-order valence-electron chi connectivity index (χ0n) is 10.5. The number of hydrogen-bond acceptors (Lipinski definition) is 3. The second-order valence-corrected chi connectivity index (χ2v) is 4.66. The van der Waals surface area contributed by atoms with Crippen molar-refractivity contribution in [3.63, 3.8) is 0 Å². The van der Waals surface area contributed by atoms with Gasteiger partial charge in [0.25, 0.3) is 0 Å². The SMILES string of the molecule is COCCN(C(C)C)C1CCCNCC1. The smallest absolute Gasteiger partial charge is 0.0589 e. The maximum atomic E-state index is 5.19. The predicted molar refractivity (Wildman–Crippen MR) is 64.2 cm³/mol. The van der Waals surface area contributed by atoms with Gasteiger partial charge in [-0.05, 0) is 46.2 Å². The molecule has 0 bridgehead atoms. The summed E-state index contributed by atoms with van der Waals surface area (Å²) in [4.78, 5) is 2.59. The van der Waals surface area contributed by atoms with Crippen molar-refractivity contribution in [1.29, 1.82) is 0 Å². The molecule has 0 amide bonds. The van der Waals surface area contributed by atoms with Crippen LogP contribution in [0.4, 0.5) is 0 Å². The third kappa shape index (κ3) is 4.49. The highest BCUT2D eigenvalue weighted by atomic mass is 16.5. The Morgan fingerprint density at radius 3 is 2.80 bits per heavy atom. The molecule has 0 saturated carbocycles. The minimum Gasteiger partial charge on any atom is -0.383 e. The van der Waals surface area contributed by atoms with Gasteiger partial charge in [-0.25, -0.2) is 0 Å². The monoisotopic (exact) mass is 214 g/mol. The molecular weight excluding hydrogens is 188 g/mol. The van der Waals surface area contributed by atoms with E-state index in [1.807, 2.05) is 0 Å². The van der Waals surface area contributed by atoms with Crippen LogP contribution in [-0.2, 0) is 4.74 Å². The van der Waals surface area contributed by atoms with Crippen molar-refractivity contribution < 1.29 is 4.74 Å². The van der Waals surface area contributed by atoms with Crippen LogP contribution in [0.5, 0.6) is 0 Å². The highest BCUT2D eigenvalue weighted by molar-refractivity contribution is 4.78. The van der Waals surface area contributed by atoms with Gasteiger partial charge in [0.2, 0.25) is 0 Å². The molecule has 3 heteroatoms. The third-order valence-electron chi connectivity index (χ3n) is 3.23. The van der Waals surface area contributed by atoms with Crippen LogP contribution in [0.15, 0.2) is 0 Å². The number of nitrogens with one attached hydrogen (secondary N) is 1. The summed E-state index contributed by atoms with van der Waals surface area (Å²) in [5.74, 6) is 0. The minimum absolute atomic E-state index is 0.628. The Morgan fingerprint density at radius 1 is 1.33 bits per heavy atom. The number of methoxy groups -OCH3 is 1. The first-order chi connectivity index (χ1) is 7.25. The normalized spacial score (nSPS) is 23.4. The molecular formula is C12H26N2O. The summed E-state index contributed by atoms with van der Waals surface area (Å²) in [6.45, 7) is 8.84. The lowest BCUT2D eigenvalue weighted by Crippen LogP contribution is -2.42. The van der Waals surface area contributed by atoms with Crippen LogP contribution in [-0.4, -0.2) is 50.3 Å². The number of ether oxygens (including phenoxy) is 1. The lowest BCUT2D eigenvalue weighted by Gasteiger charge is -2.34. The highest BCUT2D eigenvalue weighted by Crippen LogP contribution is 2.15. The lowest BCUT2D eigenvalue weighted by atomic mass is 10.1. The Bertz CT molecular complexity index is 154. The van der Waals surface area contributed by atoms with Crippen LogP contribution >= 0.6 is 0 Å². The van der Waals surface area contributed by atoms with Gasteiger partial charge in [0, 0.05) is 25.7 Å². The zero-order chi connectivity index (χ0) is 11.1. The molecule has 15 heavy (non-hydrogen) atoms. The maximum Gasteiger partial charge on any atom is 0.0589 e. The van der Waals surface area contributed by atoms with Gasteiger partial charge in [0.15, 0.2) is 0 Å². The van der Waals surface area contributed by atoms with Crippen molar-refractivity contribution in [3.05, 3.63) is 0 Å². The van der Waals surface area contributed by atoms with E-state index in [-0.39, 0.29) is 0 Å². The molecule has 1 aliphatic rings. The van der Waals surface area contributed by atoms with Crippen LogP contribution in [0.1, 0.15) is 33.1 Å². The Labute approximate surface area is 94.2 Å². The van der Waals surface area contributed by atoms with Crippen molar-refractivity contribution in [3.8, 4) is 0 Å². The molecule has 90 valence electrons. The molecule has 0 aromatic heterocycles. The van der Waals surface area contributed by atoms with Crippen molar-refractivity contribution in [2.75, 3.05) is 33.4 Å². The molecule has 1 rings (SSSR count). The zero-order valence-corrected chi connectivity index (χ0v) is 10.5. The Balaban J connectivity index is 2.44. The molecule has 0 spiro atoms. The van der Waals surface area contributed by atoms with Gasteiger partial charge in [-0.3, -0.25) is 4.90 Å². The van der Waals surface area contributed by atoms with Gasteiger partial charge >= 0.3 is 0 Å². The average Bonchev–Trinajstić information content (AvgIpc) is 2.47. The highest BCUT2D eigenvalue weighted by Gasteiger charge is 2.21. The summed E-state index contributed by atoms with van der Waals surface area (Å²) < 4.78 is 5.19. The summed E-state index contributed by atoms with van der Waals surface area (Å²) in [7, 11) is 1.78. The van der Waals surface area contributed by atoms with E-state index in [1.165, 1.54) is 32.4 Å². The first-order valence-electron chi connectivity index (χ1n) is 6.21. The molecule has 0 aromatic carbocycles. The van der Waals surface area contributed by atoms with E-state index < -0.39 is 0 Å². The second-order valence-electron chi connectivity index (χ2n) is 4.66. The van der Waals surface area contributed by atoms with Gasteiger partial charge in [-0.1, -0.05) is 0 Å². The van der Waals surface area contributed by atoms with Crippen molar-refractivity contribution in [2.24, 2.45) is 0 Å². The summed E-state index contributed by atoms with van der Waals surface area (Å²) in [6.07, 6.45) is 3.91.